The highest BCUT2D eigenvalue weighted by Crippen LogP contribution is 2.21. The highest BCUT2D eigenvalue weighted by atomic mass is 79.9. The smallest absolute Gasteiger partial charge is 0.318 e. The van der Waals surface area contributed by atoms with Crippen LogP contribution in [0.2, 0.25) is 0 Å². The number of aromatic amines is 1. The summed E-state index contributed by atoms with van der Waals surface area (Å²) >= 11 is 3.30. The average molecular weight is 297 g/mol. The van der Waals surface area contributed by atoms with E-state index in [1.807, 2.05) is 6.07 Å². The topological polar surface area (TPSA) is 79.8 Å². The number of benzene rings is 1. The number of para-hydroxylation sites is 1. The van der Waals surface area contributed by atoms with Gasteiger partial charge in [0.05, 0.1) is 5.69 Å². The molecule has 17 heavy (non-hydrogen) atoms. The lowest BCUT2D eigenvalue weighted by atomic mass is 10.3. The van der Waals surface area contributed by atoms with Crippen LogP contribution in [-0.2, 0) is 7.05 Å². The van der Waals surface area contributed by atoms with Crippen LogP contribution in [0.25, 0.3) is 0 Å². The van der Waals surface area contributed by atoms with Gasteiger partial charge in [-0.3, -0.25) is 9.78 Å². The fraction of sp³-hybridized carbons (Fsp3) is 0.100. The molecule has 2 rings (SSSR count). The van der Waals surface area contributed by atoms with Gasteiger partial charge in [-0.15, -0.1) is 5.10 Å². The summed E-state index contributed by atoms with van der Waals surface area (Å²) in [5.41, 5.74) is 0.186. The van der Waals surface area contributed by atoms with Crippen LogP contribution in [0.3, 0.4) is 0 Å². The molecule has 2 aromatic rings. The van der Waals surface area contributed by atoms with Gasteiger partial charge in [-0.05, 0) is 28.1 Å². The van der Waals surface area contributed by atoms with Crippen molar-refractivity contribution in [3.05, 3.63) is 45.0 Å². The summed E-state index contributed by atoms with van der Waals surface area (Å²) in [7, 11) is 1.47. The number of hydrogen-bond donors (Lipinski definition) is 2. The van der Waals surface area contributed by atoms with Crippen LogP contribution >= 0.6 is 15.9 Å². The molecule has 0 atom stereocenters. The van der Waals surface area contributed by atoms with Gasteiger partial charge in [0, 0.05) is 11.5 Å². The van der Waals surface area contributed by atoms with E-state index >= 15 is 0 Å². The molecule has 0 aliphatic rings. The maximum absolute atomic E-state index is 11.8. The maximum atomic E-state index is 11.8. The van der Waals surface area contributed by atoms with Crippen molar-refractivity contribution in [2.45, 2.75) is 0 Å². The summed E-state index contributed by atoms with van der Waals surface area (Å²) in [6.45, 7) is 0. The van der Waals surface area contributed by atoms with Gasteiger partial charge in [-0.25, -0.2) is 9.48 Å². The van der Waals surface area contributed by atoms with Crippen LogP contribution in [-0.4, -0.2) is 20.7 Å². The van der Waals surface area contributed by atoms with Crippen LogP contribution in [0.5, 0.6) is 0 Å². The molecule has 0 aliphatic heterocycles. The molecular formula is C10H9BrN4O2. The minimum absolute atomic E-state index is 0.0201. The second kappa shape index (κ2) is 4.54. The van der Waals surface area contributed by atoms with E-state index in [4.69, 9.17) is 0 Å². The maximum Gasteiger partial charge on any atom is 0.343 e. The van der Waals surface area contributed by atoms with Gasteiger partial charge in [-0.1, -0.05) is 12.1 Å². The fourth-order valence-corrected chi connectivity index (χ4v) is 1.63. The van der Waals surface area contributed by atoms with Crippen molar-refractivity contribution in [2.24, 2.45) is 7.05 Å². The van der Waals surface area contributed by atoms with Gasteiger partial charge >= 0.3 is 5.69 Å². The van der Waals surface area contributed by atoms with Crippen LogP contribution in [0.4, 0.5) is 5.69 Å². The third kappa shape index (κ3) is 2.44. The average Bonchev–Trinajstić information content (AvgIpc) is 2.63. The molecule has 0 radical (unpaired) electrons. The number of halogens is 1. The number of H-pyrrole nitrogens is 1. The van der Waals surface area contributed by atoms with Crippen molar-refractivity contribution < 1.29 is 4.79 Å². The van der Waals surface area contributed by atoms with Crippen LogP contribution in [0.15, 0.2) is 33.5 Å². The van der Waals surface area contributed by atoms with E-state index in [1.165, 1.54) is 7.05 Å². The Bertz CT molecular complexity index is 617. The Hall–Kier alpha value is -1.89. The van der Waals surface area contributed by atoms with E-state index in [9.17, 15) is 9.59 Å². The van der Waals surface area contributed by atoms with E-state index in [0.717, 1.165) is 9.15 Å². The van der Waals surface area contributed by atoms with Crippen molar-refractivity contribution >= 4 is 27.5 Å². The van der Waals surface area contributed by atoms with Crippen LogP contribution in [0, 0.1) is 0 Å². The van der Waals surface area contributed by atoms with Gasteiger partial charge < -0.3 is 5.32 Å². The molecule has 0 saturated heterocycles. The zero-order chi connectivity index (χ0) is 12.4. The van der Waals surface area contributed by atoms with Crippen molar-refractivity contribution in [3.8, 4) is 0 Å². The molecule has 7 heteroatoms. The standard InChI is InChI=1S/C10H9BrN4O2/c1-15-10(17)13-8(14-15)9(16)12-7-5-3-2-4-6(7)11/h2-5H,1H3,(H,12,16)(H,13,14,17). The second-order valence-corrected chi connectivity index (χ2v) is 4.19. The first kappa shape index (κ1) is 11.6. The number of carbonyl (C=O) groups excluding carboxylic acids is 1. The Balaban J connectivity index is 2.23. The normalized spacial score (nSPS) is 10.2. The zero-order valence-corrected chi connectivity index (χ0v) is 10.5. The SMILES string of the molecule is Cn1nc(C(=O)Nc2ccccc2Br)[nH]c1=O. The highest BCUT2D eigenvalue weighted by Gasteiger charge is 2.12. The molecule has 88 valence electrons. The summed E-state index contributed by atoms with van der Waals surface area (Å²) < 4.78 is 1.82. The molecule has 1 aromatic carbocycles. The number of nitrogens with zero attached hydrogens (tertiary/aromatic N) is 2. The third-order valence-electron chi connectivity index (χ3n) is 2.11. The molecule has 0 unspecified atom stereocenters. The van der Waals surface area contributed by atoms with Crippen LogP contribution in [0.1, 0.15) is 10.6 Å². The lowest BCUT2D eigenvalue weighted by molar-refractivity contribution is 0.101. The van der Waals surface area contributed by atoms with Crippen molar-refractivity contribution in [1.29, 1.82) is 0 Å². The Labute approximate surface area is 105 Å². The predicted molar refractivity (Wildman–Crippen MR) is 65.9 cm³/mol. The number of aromatic nitrogens is 3. The van der Waals surface area contributed by atoms with Gasteiger partial charge in [0.25, 0.3) is 5.91 Å². The zero-order valence-electron chi connectivity index (χ0n) is 8.90. The number of hydrogen-bond acceptors (Lipinski definition) is 3. The van der Waals surface area contributed by atoms with Gasteiger partial charge in [0.1, 0.15) is 0 Å². The molecule has 1 aromatic heterocycles. The quantitative estimate of drug-likeness (QED) is 0.872. The van der Waals surface area contributed by atoms with Gasteiger partial charge in [0.15, 0.2) is 0 Å². The molecule has 0 bridgehead atoms. The molecule has 6 nitrogen and oxygen atoms in total. The summed E-state index contributed by atoms with van der Waals surface area (Å²) in [5.74, 6) is -0.483. The van der Waals surface area contributed by atoms with E-state index < -0.39 is 11.6 Å². The second-order valence-electron chi connectivity index (χ2n) is 3.34. The number of amides is 1. The number of rotatable bonds is 2. The fourth-order valence-electron chi connectivity index (χ4n) is 1.25. The summed E-state index contributed by atoms with van der Waals surface area (Å²) in [6.07, 6.45) is 0. The lowest BCUT2D eigenvalue weighted by Crippen LogP contribution is -2.15. The van der Waals surface area contributed by atoms with E-state index in [-0.39, 0.29) is 5.82 Å². The molecule has 1 amide bonds. The Morgan fingerprint density at radius 2 is 2.18 bits per heavy atom. The highest BCUT2D eigenvalue weighted by molar-refractivity contribution is 9.10. The number of aryl methyl sites for hydroxylation is 1. The Morgan fingerprint density at radius 3 is 2.76 bits per heavy atom. The van der Waals surface area contributed by atoms with E-state index in [2.05, 4.69) is 31.3 Å². The third-order valence-corrected chi connectivity index (χ3v) is 2.80. The summed E-state index contributed by atoms with van der Waals surface area (Å²) in [6, 6.07) is 7.17. The minimum Gasteiger partial charge on any atom is -0.318 e. The number of carbonyl (C=O) groups is 1. The minimum atomic E-state index is -0.463. The Morgan fingerprint density at radius 1 is 1.47 bits per heavy atom. The first-order valence-corrected chi connectivity index (χ1v) is 5.56. The molecular weight excluding hydrogens is 288 g/mol. The summed E-state index contributed by atoms with van der Waals surface area (Å²) in [5, 5.41) is 6.39. The Kier molecular flexibility index (Phi) is 3.10. The number of anilines is 1. The van der Waals surface area contributed by atoms with Crippen LogP contribution < -0.4 is 11.0 Å². The molecule has 0 saturated carbocycles. The molecule has 0 aliphatic carbocycles. The van der Waals surface area contributed by atoms with Gasteiger partial charge in [-0.2, -0.15) is 0 Å². The summed E-state index contributed by atoms with van der Waals surface area (Å²) in [4.78, 5) is 25.2. The van der Waals surface area contributed by atoms with E-state index in [0.29, 0.717) is 5.69 Å². The van der Waals surface area contributed by atoms with Crippen molar-refractivity contribution in [3.63, 3.8) is 0 Å². The largest absolute Gasteiger partial charge is 0.343 e. The molecule has 1 heterocycles. The monoisotopic (exact) mass is 296 g/mol. The van der Waals surface area contributed by atoms with E-state index in [1.54, 1.807) is 18.2 Å². The first-order chi connectivity index (χ1) is 8.08. The van der Waals surface area contributed by atoms with Gasteiger partial charge in [0.2, 0.25) is 5.82 Å². The molecule has 0 spiro atoms. The lowest BCUT2D eigenvalue weighted by Gasteiger charge is -2.04. The van der Waals surface area contributed by atoms with Crippen molar-refractivity contribution in [2.75, 3.05) is 5.32 Å². The first-order valence-electron chi connectivity index (χ1n) is 4.77. The molecule has 2 N–H and O–H groups in total. The predicted octanol–water partition coefficient (Wildman–Crippen LogP) is 1.12. The number of nitrogens with one attached hydrogen (secondary N) is 2. The van der Waals surface area contributed by atoms with Crippen molar-refractivity contribution in [1.82, 2.24) is 14.8 Å². The molecule has 0 fully saturated rings.